The lowest BCUT2D eigenvalue weighted by Crippen LogP contribution is -2.53. The molecular formula is C20H25BrN2O4. The molecule has 0 aliphatic carbocycles. The molecule has 27 heavy (non-hydrogen) atoms. The summed E-state index contributed by atoms with van der Waals surface area (Å²) in [6.45, 7) is 5.71. The second kappa shape index (κ2) is 7.29. The molecular weight excluding hydrogens is 412 g/mol. The zero-order valence-corrected chi connectivity index (χ0v) is 17.3. The molecule has 0 aromatic heterocycles. The van der Waals surface area contributed by atoms with E-state index in [0.717, 1.165) is 34.0 Å². The quantitative estimate of drug-likeness (QED) is 0.784. The summed E-state index contributed by atoms with van der Waals surface area (Å²) < 4.78 is 6.52. The van der Waals surface area contributed by atoms with Crippen molar-refractivity contribution >= 4 is 27.4 Å². The number of carbonyl (C=O) groups is 1. The van der Waals surface area contributed by atoms with Gasteiger partial charge in [0.15, 0.2) is 6.29 Å². The third kappa shape index (κ3) is 3.47. The number of amides is 1. The molecule has 1 spiro atoms. The Morgan fingerprint density at radius 2 is 2.04 bits per heavy atom. The van der Waals surface area contributed by atoms with Gasteiger partial charge in [0.25, 0.3) is 5.91 Å². The van der Waals surface area contributed by atoms with Gasteiger partial charge >= 0.3 is 0 Å². The summed E-state index contributed by atoms with van der Waals surface area (Å²) in [5.74, 6) is -0.135. The van der Waals surface area contributed by atoms with Gasteiger partial charge in [0.1, 0.15) is 0 Å². The molecule has 6 nitrogen and oxygen atoms in total. The molecule has 1 aromatic rings. The topological polar surface area (TPSA) is 62.2 Å². The predicted molar refractivity (Wildman–Crippen MR) is 104 cm³/mol. The molecule has 7 heteroatoms. The molecule has 0 radical (unpaired) electrons. The second-order valence-corrected chi connectivity index (χ2v) is 8.56. The highest BCUT2D eigenvalue weighted by Gasteiger charge is 2.50. The summed E-state index contributed by atoms with van der Waals surface area (Å²) >= 11 is 3.64. The Balaban J connectivity index is 1.73. The molecule has 3 aliphatic heterocycles. The van der Waals surface area contributed by atoms with Gasteiger partial charge in [-0.2, -0.15) is 5.06 Å². The van der Waals surface area contributed by atoms with Crippen LogP contribution in [-0.4, -0.2) is 52.8 Å². The van der Waals surface area contributed by atoms with E-state index in [-0.39, 0.29) is 12.2 Å². The van der Waals surface area contributed by atoms with E-state index in [4.69, 9.17) is 9.57 Å². The van der Waals surface area contributed by atoms with Crippen molar-refractivity contribution in [2.45, 2.75) is 51.4 Å². The van der Waals surface area contributed by atoms with Crippen molar-refractivity contribution in [2.24, 2.45) is 0 Å². The first-order valence-electron chi connectivity index (χ1n) is 9.46. The van der Waals surface area contributed by atoms with Crippen LogP contribution in [0.1, 0.15) is 42.4 Å². The number of piperidine rings is 1. The highest BCUT2D eigenvalue weighted by molar-refractivity contribution is 9.10. The van der Waals surface area contributed by atoms with Crippen LogP contribution in [0.3, 0.4) is 0 Å². The average molecular weight is 437 g/mol. The van der Waals surface area contributed by atoms with Gasteiger partial charge in [-0.1, -0.05) is 22.0 Å². The number of rotatable bonds is 3. The number of hydroxylamine groups is 4. The average Bonchev–Trinajstić information content (AvgIpc) is 3.20. The third-order valence-corrected chi connectivity index (χ3v) is 6.28. The Labute approximate surface area is 167 Å². The van der Waals surface area contributed by atoms with Crippen LogP contribution in [0.2, 0.25) is 0 Å². The van der Waals surface area contributed by atoms with Crippen LogP contribution in [0, 0.1) is 13.8 Å². The monoisotopic (exact) mass is 436 g/mol. The molecule has 1 unspecified atom stereocenters. The molecule has 146 valence electrons. The minimum Gasteiger partial charge on any atom is -0.350 e. The van der Waals surface area contributed by atoms with Crippen molar-refractivity contribution in [2.75, 3.05) is 19.7 Å². The van der Waals surface area contributed by atoms with Gasteiger partial charge in [0.05, 0.1) is 12.1 Å². The number of benzene rings is 1. The summed E-state index contributed by atoms with van der Waals surface area (Å²) in [5.41, 5.74) is 3.22. The Morgan fingerprint density at radius 3 is 2.67 bits per heavy atom. The van der Waals surface area contributed by atoms with E-state index in [1.54, 1.807) is 0 Å². The maximum absolute atomic E-state index is 13.4. The first kappa shape index (κ1) is 19.1. The van der Waals surface area contributed by atoms with Crippen molar-refractivity contribution in [3.05, 3.63) is 39.4 Å². The molecule has 1 amide bonds. The summed E-state index contributed by atoms with van der Waals surface area (Å²) in [6, 6.07) is 4.11. The largest absolute Gasteiger partial charge is 0.350 e. The van der Waals surface area contributed by atoms with Gasteiger partial charge in [-0.25, -0.2) is 9.90 Å². The molecule has 3 heterocycles. The molecule has 3 aliphatic rings. The van der Waals surface area contributed by atoms with Crippen LogP contribution >= 0.6 is 15.9 Å². The van der Waals surface area contributed by atoms with Gasteiger partial charge in [-0.3, -0.25) is 4.79 Å². The number of hydrogen-bond donors (Lipinski definition) is 1. The number of ether oxygens (including phenoxy) is 1. The first-order valence-corrected chi connectivity index (χ1v) is 10.3. The van der Waals surface area contributed by atoms with Crippen molar-refractivity contribution in [1.82, 2.24) is 10.1 Å². The Bertz CT molecular complexity index is 757. The van der Waals surface area contributed by atoms with Crippen LogP contribution in [-0.2, 0) is 14.4 Å². The number of hydrogen-bond acceptors (Lipinski definition) is 5. The number of nitrogens with zero attached hydrogens (tertiary/aromatic N) is 2. The zero-order chi connectivity index (χ0) is 19.2. The smallest absolute Gasteiger partial charge is 0.278 e. The fourth-order valence-electron chi connectivity index (χ4n) is 4.27. The fourth-order valence-corrected chi connectivity index (χ4v) is 5.16. The van der Waals surface area contributed by atoms with E-state index < -0.39 is 5.54 Å². The van der Waals surface area contributed by atoms with Crippen molar-refractivity contribution < 1.29 is 19.6 Å². The van der Waals surface area contributed by atoms with E-state index in [1.165, 1.54) is 10.1 Å². The van der Waals surface area contributed by atoms with Gasteiger partial charge in [-0.05, 0) is 56.4 Å². The number of aryl methyl sites for hydroxylation is 2. The highest BCUT2D eigenvalue weighted by atomic mass is 79.9. The van der Waals surface area contributed by atoms with Gasteiger partial charge < -0.3 is 9.94 Å². The zero-order valence-electron chi connectivity index (χ0n) is 15.7. The normalized spacial score (nSPS) is 25.5. The summed E-state index contributed by atoms with van der Waals surface area (Å²) in [6.07, 6.45) is 4.62. The third-order valence-electron chi connectivity index (χ3n) is 5.65. The predicted octanol–water partition coefficient (Wildman–Crippen LogP) is 3.58. The summed E-state index contributed by atoms with van der Waals surface area (Å²) in [5, 5.41) is 12.7. The molecule has 1 N–H and O–H groups in total. The molecule has 2 fully saturated rings. The van der Waals surface area contributed by atoms with E-state index in [2.05, 4.69) is 22.0 Å². The highest BCUT2D eigenvalue weighted by Crippen LogP contribution is 2.43. The molecule has 1 aromatic carbocycles. The number of halogens is 1. The molecule has 0 bridgehead atoms. The van der Waals surface area contributed by atoms with Gasteiger partial charge in [0, 0.05) is 35.1 Å². The minimum atomic E-state index is -0.547. The first-order chi connectivity index (χ1) is 12.9. The van der Waals surface area contributed by atoms with Crippen LogP contribution in [0.25, 0.3) is 5.57 Å². The van der Waals surface area contributed by atoms with E-state index in [1.807, 2.05) is 26.0 Å². The van der Waals surface area contributed by atoms with Crippen molar-refractivity contribution in [3.8, 4) is 0 Å². The SMILES string of the molecule is Cc1cc(C)c(C2=CC3(CCN(O)CC3)N(OC3CCCO3)C2=O)c(Br)c1. The Kier molecular flexibility index (Phi) is 5.16. The number of carbonyl (C=O) groups excluding carboxylic acids is 1. The lowest BCUT2D eigenvalue weighted by atomic mass is 9.87. The van der Waals surface area contributed by atoms with Crippen LogP contribution < -0.4 is 0 Å². The van der Waals surface area contributed by atoms with E-state index in [9.17, 15) is 10.0 Å². The van der Waals surface area contributed by atoms with Crippen molar-refractivity contribution in [1.29, 1.82) is 0 Å². The van der Waals surface area contributed by atoms with Gasteiger partial charge in [-0.15, -0.1) is 0 Å². The second-order valence-electron chi connectivity index (χ2n) is 7.70. The molecule has 2 saturated heterocycles. The van der Waals surface area contributed by atoms with Crippen molar-refractivity contribution in [3.63, 3.8) is 0 Å². The lowest BCUT2D eigenvalue weighted by molar-refractivity contribution is -0.286. The summed E-state index contributed by atoms with van der Waals surface area (Å²) in [7, 11) is 0. The lowest BCUT2D eigenvalue weighted by Gasteiger charge is -2.42. The maximum Gasteiger partial charge on any atom is 0.278 e. The Morgan fingerprint density at radius 1 is 1.30 bits per heavy atom. The van der Waals surface area contributed by atoms with E-state index in [0.29, 0.717) is 38.1 Å². The fraction of sp³-hybridized carbons (Fsp3) is 0.550. The molecule has 0 saturated carbocycles. The van der Waals surface area contributed by atoms with Crippen LogP contribution in [0.15, 0.2) is 22.7 Å². The molecule has 1 atom stereocenters. The molecule has 4 rings (SSSR count). The summed E-state index contributed by atoms with van der Waals surface area (Å²) in [4.78, 5) is 19.5. The van der Waals surface area contributed by atoms with Crippen LogP contribution in [0.4, 0.5) is 0 Å². The van der Waals surface area contributed by atoms with Gasteiger partial charge in [0.2, 0.25) is 0 Å². The standard InChI is InChI=1S/C20H25BrN2O4/c1-13-10-14(2)18(16(21)11-13)15-12-20(5-7-22(25)8-6-20)23(19(15)24)27-17-4-3-9-26-17/h10-12,17,25H,3-9H2,1-2H3. The van der Waals surface area contributed by atoms with E-state index >= 15 is 0 Å². The minimum absolute atomic E-state index is 0.135. The maximum atomic E-state index is 13.4. The van der Waals surface area contributed by atoms with Crippen LogP contribution in [0.5, 0.6) is 0 Å². The Hall–Kier alpha value is -1.25.